The molecule has 2 fully saturated rings. The summed E-state index contributed by atoms with van der Waals surface area (Å²) in [6, 6.07) is 8.98. The van der Waals surface area contributed by atoms with Gasteiger partial charge >= 0.3 is 0 Å². The van der Waals surface area contributed by atoms with Crippen LogP contribution in [-0.2, 0) is 0 Å². The normalized spacial score (nSPS) is 23.8. The average Bonchev–Trinajstić information content (AvgIpc) is 2.88. The Morgan fingerprint density at radius 2 is 1.58 bits per heavy atom. The molecule has 2 heteroatoms. The minimum Gasteiger partial charge on any atom is -0.371 e. The van der Waals surface area contributed by atoms with E-state index in [9.17, 15) is 0 Å². The zero-order valence-electron chi connectivity index (χ0n) is 12.1. The summed E-state index contributed by atoms with van der Waals surface area (Å²) in [7, 11) is 0. The Morgan fingerprint density at radius 3 is 2.11 bits per heavy atom. The van der Waals surface area contributed by atoms with Crippen molar-refractivity contribution in [3.05, 3.63) is 29.8 Å². The molecule has 1 aromatic carbocycles. The summed E-state index contributed by atoms with van der Waals surface area (Å²) in [5.74, 6) is 0. The lowest BCUT2D eigenvalue weighted by molar-refractivity contribution is 0.226. The van der Waals surface area contributed by atoms with Crippen molar-refractivity contribution in [3.63, 3.8) is 0 Å². The average molecular weight is 258 g/mol. The standard InChI is InChI=1S/C17H26N2/c1-14(18)15-4-6-16(7-5-15)19-12-10-17(11-13-19)8-2-3-9-17/h4-7,14H,2-3,8-13,18H2,1H3/t14-/m0/s1. The van der Waals surface area contributed by atoms with Gasteiger partial charge in [-0.3, -0.25) is 0 Å². The van der Waals surface area contributed by atoms with E-state index in [1.54, 1.807) is 0 Å². The van der Waals surface area contributed by atoms with Crippen LogP contribution in [0.2, 0.25) is 0 Å². The van der Waals surface area contributed by atoms with Crippen molar-refractivity contribution in [2.45, 2.75) is 51.5 Å². The van der Waals surface area contributed by atoms with Crippen LogP contribution in [-0.4, -0.2) is 13.1 Å². The fraction of sp³-hybridized carbons (Fsp3) is 0.647. The van der Waals surface area contributed by atoms with Gasteiger partial charge in [-0.1, -0.05) is 25.0 Å². The predicted molar refractivity (Wildman–Crippen MR) is 81.4 cm³/mol. The summed E-state index contributed by atoms with van der Waals surface area (Å²) in [5.41, 5.74) is 9.22. The van der Waals surface area contributed by atoms with Gasteiger partial charge in [0.05, 0.1) is 0 Å². The molecule has 0 radical (unpaired) electrons. The number of hydrogen-bond acceptors (Lipinski definition) is 2. The van der Waals surface area contributed by atoms with Crippen molar-refractivity contribution in [1.82, 2.24) is 0 Å². The third-order valence-corrected chi connectivity index (χ3v) is 5.27. The molecule has 1 saturated carbocycles. The first-order chi connectivity index (χ1) is 9.19. The molecule has 1 aliphatic heterocycles. The third-order valence-electron chi connectivity index (χ3n) is 5.27. The number of piperidine rings is 1. The largest absolute Gasteiger partial charge is 0.371 e. The van der Waals surface area contributed by atoms with Crippen molar-refractivity contribution in [1.29, 1.82) is 0 Å². The zero-order chi connectivity index (χ0) is 13.3. The molecule has 1 saturated heterocycles. The van der Waals surface area contributed by atoms with E-state index in [0.29, 0.717) is 5.41 Å². The first-order valence-electron chi connectivity index (χ1n) is 7.79. The van der Waals surface area contributed by atoms with Crippen LogP contribution in [0.5, 0.6) is 0 Å². The molecule has 0 bridgehead atoms. The van der Waals surface area contributed by atoms with Crippen molar-refractivity contribution in [2.75, 3.05) is 18.0 Å². The van der Waals surface area contributed by atoms with Crippen molar-refractivity contribution in [3.8, 4) is 0 Å². The van der Waals surface area contributed by atoms with Crippen LogP contribution < -0.4 is 10.6 Å². The van der Waals surface area contributed by atoms with E-state index in [-0.39, 0.29) is 6.04 Å². The van der Waals surface area contributed by atoms with Crippen molar-refractivity contribution >= 4 is 5.69 Å². The molecule has 0 amide bonds. The minimum atomic E-state index is 0.136. The third kappa shape index (κ3) is 2.64. The topological polar surface area (TPSA) is 29.3 Å². The second-order valence-corrected chi connectivity index (χ2v) is 6.57. The summed E-state index contributed by atoms with van der Waals surface area (Å²) in [6.07, 6.45) is 8.66. The Hall–Kier alpha value is -1.02. The molecule has 19 heavy (non-hydrogen) atoms. The van der Waals surface area contributed by atoms with E-state index in [1.807, 2.05) is 6.92 Å². The van der Waals surface area contributed by atoms with E-state index in [1.165, 1.54) is 62.9 Å². The van der Waals surface area contributed by atoms with Crippen LogP contribution >= 0.6 is 0 Å². The number of hydrogen-bond donors (Lipinski definition) is 1. The molecule has 3 rings (SSSR count). The van der Waals surface area contributed by atoms with Gasteiger partial charge in [-0.15, -0.1) is 0 Å². The lowest BCUT2D eigenvalue weighted by Crippen LogP contribution is -2.38. The summed E-state index contributed by atoms with van der Waals surface area (Å²) in [5, 5.41) is 0. The van der Waals surface area contributed by atoms with E-state index in [0.717, 1.165) is 0 Å². The maximum Gasteiger partial charge on any atom is 0.0366 e. The molecule has 104 valence electrons. The molecule has 1 aromatic rings. The van der Waals surface area contributed by atoms with E-state index < -0.39 is 0 Å². The van der Waals surface area contributed by atoms with Crippen LogP contribution in [0.4, 0.5) is 5.69 Å². The number of nitrogens with two attached hydrogens (primary N) is 1. The maximum absolute atomic E-state index is 5.91. The molecular formula is C17H26N2. The first-order valence-corrected chi connectivity index (χ1v) is 7.79. The lowest BCUT2D eigenvalue weighted by atomic mass is 9.77. The van der Waals surface area contributed by atoms with Gasteiger partial charge in [-0.05, 0) is 55.7 Å². The molecular weight excluding hydrogens is 232 g/mol. The van der Waals surface area contributed by atoms with Gasteiger partial charge in [0, 0.05) is 24.8 Å². The smallest absolute Gasteiger partial charge is 0.0366 e. The molecule has 2 nitrogen and oxygen atoms in total. The van der Waals surface area contributed by atoms with E-state index in [4.69, 9.17) is 5.73 Å². The van der Waals surface area contributed by atoms with Crippen molar-refractivity contribution < 1.29 is 0 Å². The predicted octanol–water partition coefficient (Wildman–Crippen LogP) is 3.87. The van der Waals surface area contributed by atoms with Gasteiger partial charge in [-0.25, -0.2) is 0 Å². The van der Waals surface area contributed by atoms with Gasteiger partial charge in [0.2, 0.25) is 0 Å². The highest BCUT2D eigenvalue weighted by molar-refractivity contribution is 5.48. The van der Waals surface area contributed by atoms with Gasteiger partial charge in [0.25, 0.3) is 0 Å². The van der Waals surface area contributed by atoms with Crippen LogP contribution in [0.25, 0.3) is 0 Å². The molecule has 2 N–H and O–H groups in total. The molecule has 1 spiro atoms. The molecule has 1 atom stereocenters. The molecule has 0 aromatic heterocycles. The summed E-state index contributed by atoms with van der Waals surface area (Å²) in [4.78, 5) is 2.55. The zero-order valence-corrected chi connectivity index (χ0v) is 12.1. The second-order valence-electron chi connectivity index (χ2n) is 6.57. The Bertz CT molecular complexity index is 405. The number of rotatable bonds is 2. The molecule has 0 unspecified atom stereocenters. The summed E-state index contributed by atoms with van der Waals surface area (Å²) >= 11 is 0. The van der Waals surface area contributed by atoms with E-state index in [2.05, 4.69) is 29.2 Å². The van der Waals surface area contributed by atoms with E-state index >= 15 is 0 Å². The summed E-state index contributed by atoms with van der Waals surface area (Å²) < 4.78 is 0. The van der Waals surface area contributed by atoms with Crippen LogP contribution in [0.15, 0.2) is 24.3 Å². The lowest BCUT2D eigenvalue weighted by Gasteiger charge is -2.40. The fourth-order valence-electron chi connectivity index (χ4n) is 3.85. The highest BCUT2D eigenvalue weighted by Crippen LogP contribution is 2.46. The minimum absolute atomic E-state index is 0.136. The van der Waals surface area contributed by atoms with Crippen LogP contribution in [0, 0.1) is 5.41 Å². The van der Waals surface area contributed by atoms with Crippen LogP contribution in [0.3, 0.4) is 0 Å². The second kappa shape index (κ2) is 5.16. The Balaban J connectivity index is 1.64. The Morgan fingerprint density at radius 1 is 1.00 bits per heavy atom. The monoisotopic (exact) mass is 258 g/mol. The molecule has 1 aliphatic carbocycles. The summed E-state index contributed by atoms with van der Waals surface area (Å²) in [6.45, 7) is 4.51. The number of benzene rings is 1. The Kier molecular flexibility index (Phi) is 3.53. The molecule has 1 heterocycles. The van der Waals surface area contributed by atoms with Gasteiger partial charge in [0.15, 0.2) is 0 Å². The number of anilines is 1. The van der Waals surface area contributed by atoms with Gasteiger partial charge in [0.1, 0.15) is 0 Å². The first kappa shape index (κ1) is 13.0. The van der Waals surface area contributed by atoms with Gasteiger partial charge < -0.3 is 10.6 Å². The highest BCUT2D eigenvalue weighted by Gasteiger charge is 2.36. The highest BCUT2D eigenvalue weighted by atomic mass is 15.1. The quantitative estimate of drug-likeness (QED) is 0.872. The van der Waals surface area contributed by atoms with Gasteiger partial charge in [-0.2, -0.15) is 0 Å². The van der Waals surface area contributed by atoms with Crippen LogP contribution in [0.1, 0.15) is 57.1 Å². The number of nitrogens with zero attached hydrogens (tertiary/aromatic N) is 1. The van der Waals surface area contributed by atoms with Crippen molar-refractivity contribution in [2.24, 2.45) is 11.1 Å². The fourth-order valence-corrected chi connectivity index (χ4v) is 3.85. The Labute approximate surface area is 117 Å². The molecule has 2 aliphatic rings. The maximum atomic E-state index is 5.91. The SMILES string of the molecule is C[C@H](N)c1ccc(N2CCC3(CCCC3)CC2)cc1.